The summed E-state index contributed by atoms with van der Waals surface area (Å²) in [5, 5.41) is 5.33. The smallest absolute Gasteiger partial charge is 0.237 e. The third kappa shape index (κ3) is 4.13. The van der Waals surface area contributed by atoms with Crippen molar-refractivity contribution in [1.29, 1.82) is 0 Å². The molecule has 19 heavy (non-hydrogen) atoms. The maximum atomic E-state index is 12.0. The molecule has 1 fully saturated rings. The SMILES string of the molecule is CNC(C)c1csc(NS(=O)(=O)CC2CCCO2)n1. The van der Waals surface area contributed by atoms with Crippen LogP contribution >= 0.6 is 11.3 Å². The Labute approximate surface area is 117 Å². The highest BCUT2D eigenvalue weighted by Crippen LogP contribution is 2.22. The van der Waals surface area contributed by atoms with Gasteiger partial charge < -0.3 is 10.1 Å². The van der Waals surface area contributed by atoms with Crippen LogP contribution in [0.15, 0.2) is 5.38 Å². The summed E-state index contributed by atoms with van der Waals surface area (Å²) in [6.45, 7) is 2.63. The lowest BCUT2D eigenvalue weighted by molar-refractivity contribution is 0.127. The number of nitrogens with one attached hydrogen (secondary N) is 2. The topological polar surface area (TPSA) is 80.3 Å². The lowest BCUT2D eigenvalue weighted by atomic mass is 10.3. The Morgan fingerprint density at radius 2 is 2.42 bits per heavy atom. The van der Waals surface area contributed by atoms with Gasteiger partial charge in [-0.2, -0.15) is 0 Å². The first kappa shape index (κ1) is 14.7. The van der Waals surface area contributed by atoms with E-state index in [9.17, 15) is 8.42 Å². The van der Waals surface area contributed by atoms with Crippen molar-refractivity contribution in [2.24, 2.45) is 0 Å². The molecule has 2 heterocycles. The number of rotatable bonds is 6. The Bertz CT molecular complexity index is 509. The molecule has 1 saturated heterocycles. The minimum atomic E-state index is -3.38. The van der Waals surface area contributed by atoms with Crippen LogP contribution in [0.25, 0.3) is 0 Å². The number of hydrogen-bond donors (Lipinski definition) is 2. The average Bonchev–Trinajstić information content (AvgIpc) is 2.98. The third-order valence-corrected chi connectivity index (χ3v) is 5.29. The van der Waals surface area contributed by atoms with Gasteiger partial charge in [0.15, 0.2) is 5.13 Å². The van der Waals surface area contributed by atoms with Gasteiger partial charge in [0.05, 0.1) is 17.6 Å². The molecule has 8 heteroatoms. The summed E-state index contributed by atoms with van der Waals surface area (Å²) in [5.74, 6) is 0.00347. The summed E-state index contributed by atoms with van der Waals surface area (Å²) in [5.41, 5.74) is 0.835. The molecule has 0 bridgehead atoms. The Kier molecular flexibility index (Phi) is 4.77. The number of ether oxygens (including phenoxy) is 1. The standard InChI is InChI=1S/C11H19N3O3S2/c1-8(12-2)10-6-18-11(13-10)14-19(15,16)7-9-4-3-5-17-9/h6,8-9,12H,3-5,7H2,1-2H3,(H,13,14). The second-order valence-corrected chi connectivity index (χ2v) is 7.23. The number of thiazole rings is 1. The van der Waals surface area contributed by atoms with E-state index in [4.69, 9.17) is 4.74 Å². The van der Waals surface area contributed by atoms with Crippen molar-refractivity contribution in [2.45, 2.75) is 31.9 Å². The summed E-state index contributed by atoms with van der Waals surface area (Å²) < 4.78 is 31.8. The Morgan fingerprint density at radius 1 is 1.63 bits per heavy atom. The van der Waals surface area contributed by atoms with Gasteiger partial charge in [-0.25, -0.2) is 13.4 Å². The molecule has 1 aromatic rings. The number of hydrogen-bond acceptors (Lipinski definition) is 6. The summed E-state index contributed by atoms with van der Waals surface area (Å²) in [4.78, 5) is 4.27. The van der Waals surface area contributed by atoms with E-state index in [0.29, 0.717) is 11.7 Å². The van der Waals surface area contributed by atoms with E-state index in [1.165, 1.54) is 11.3 Å². The van der Waals surface area contributed by atoms with Gasteiger partial charge in [0.25, 0.3) is 0 Å². The molecule has 1 aromatic heterocycles. The van der Waals surface area contributed by atoms with E-state index < -0.39 is 10.0 Å². The van der Waals surface area contributed by atoms with Gasteiger partial charge in [0, 0.05) is 18.0 Å². The zero-order valence-corrected chi connectivity index (χ0v) is 12.7. The maximum absolute atomic E-state index is 12.0. The quantitative estimate of drug-likeness (QED) is 0.829. The second kappa shape index (κ2) is 6.17. The summed E-state index contributed by atoms with van der Waals surface area (Å²) >= 11 is 1.30. The van der Waals surface area contributed by atoms with E-state index in [-0.39, 0.29) is 17.9 Å². The minimum Gasteiger partial charge on any atom is -0.377 e. The number of sulfonamides is 1. The van der Waals surface area contributed by atoms with Gasteiger partial charge in [-0.05, 0) is 26.8 Å². The van der Waals surface area contributed by atoms with Crippen LogP contribution in [-0.2, 0) is 14.8 Å². The van der Waals surface area contributed by atoms with Crippen LogP contribution in [0.1, 0.15) is 31.5 Å². The molecule has 2 rings (SSSR count). The van der Waals surface area contributed by atoms with E-state index in [1.54, 1.807) is 0 Å². The van der Waals surface area contributed by atoms with Crippen molar-refractivity contribution in [3.63, 3.8) is 0 Å². The lowest BCUT2D eigenvalue weighted by Gasteiger charge is -2.10. The molecule has 108 valence electrons. The highest BCUT2D eigenvalue weighted by molar-refractivity contribution is 7.92. The molecule has 2 N–H and O–H groups in total. The van der Waals surface area contributed by atoms with Gasteiger partial charge >= 0.3 is 0 Å². The van der Waals surface area contributed by atoms with Crippen LogP contribution in [0.5, 0.6) is 0 Å². The van der Waals surface area contributed by atoms with E-state index in [2.05, 4.69) is 15.0 Å². The fourth-order valence-electron chi connectivity index (χ4n) is 1.87. The van der Waals surface area contributed by atoms with E-state index >= 15 is 0 Å². The zero-order chi connectivity index (χ0) is 13.9. The Balaban J connectivity index is 1.97. The fourth-order valence-corrected chi connectivity index (χ4v) is 4.24. The molecular formula is C11H19N3O3S2. The Morgan fingerprint density at radius 3 is 3.05 bits per heavy atom. The lowest BCUT2D eigenvalue weighted by Crippen LogP contribution is -2.25. The van der Waals surface area contributed by atoms with Crippen LogP contribution in [-0.4, -0.2) is 38.9 Å². The number of aromatic nitrogens is 1. The van der Waals surface area contributed by atoms with Crippen LogP contribution in [0.3, 0.4) is 0 Å². The molecule has 0 amide bonds. The first-order chi connectivity index (χ1) is 9.00. The largest absolute Gasteiger partial charge is 0.377 e. The molecule has 0 spiro atoms. The van der Waals surface area contributed by atoms with Crippen molar-refractivity contribution < 1.29 is 13.2 Å². The summed E-state index contributed by atoms with van der Waals surface area (Å²) in [6, 6.07) is 0.104. The highest BCUT2D eigenvalue weighted by atomic mass is 32.2. The summed E-state index contributed by atoms with van der Waals surface area (Å²) in [7, 11) is -1.55. The molecule has 0 radical (unpaired) electrons. The number of nitrogens with zero attached hydrogens (tertiary/aromatic N) is 1. The predicted molar refractivity (Wildman–Crippen MR) is 76.0 cm³/mol. The van der Waals surface area contributed by atoms with Crippen molar-refractivity contribution in [3.05, 3.63) is 11.1 Å². The molecule has 6 nitrogen and oxygen atoms in total. The fraction of sp³-hybridized carbons (Fsp3) is 0.727. The van der Waals surface area contributed by atoms with Crippen molar-refractivity contribution in [3.8, 4) is 0 Å². The Hall–Kier alpha value is -0.700. The number of anilines is 1. The molecular weight excluding hydrogens is 286 g/mol. The predicted octanol–water partition coefficient (Wildman–Crippen LogP) is 1.34. The molecule has 0 aromatic carbocycles. The van der Waals surface area contributed by atoms with Gasteiger partial charge in [-0.1, -0.05) is 0 Å². The first-order valence-electron chi connectivity index (χ1n) is 6.25. The van der Waals surface area contributed by atoms with Crippen LogP contribution in [0.4, 0.5) is 5.13 Å². The van der Waals surface area contributed by atoms with E-state index in [1.807, 2.05) is 19.4 Å². The molecule has 0 saturated carbocycles. The normalized spacial score (nSPS) is 21.5. The van der Waals surface area contributed by atoms with Crippen LogP contribution in [0.2, 0.25) is 0 Å². The van der Waals surface area contributed by atoms with Crippen molar-refractivity contribution in [2.75, 3.05) is 24.1 Å². The molecule has 2 atom stereocenters. The van der Waals surface area contributed by atoms with Crippen molar-refractivity contribution >= 4 is 26.5 Å². The average molecular weight is 305 g/mol. The zero-order valence-electron chi connectivity index (χ0n) is 11.0. The van der Waals surface area contributed by atoms with Gasteiger partial charge in [0.2, 0.25) is 10.0 Å². The molecule has 1 aliphatic heterocycles. The van der Waals surface area contributed by atoms with Gasteiger partial charge in [-0.3, -0.25) is 4.72 Å². The monoisotopic (exact) mass is 305 g/mol. The van der Waals surface area contributed by atoms with Crippen LogP contribution in [0, 0.1) is 0 Å². The van der Waals surface area contributed by atoms with Gasteiger partial charge in [-0.15, -0.1) is 11.3 Å². The van der Waals surface area contributed by atoms with Crippen LogP contribution < -0.4 is 10.0 Å². The van der Waals surface area contributed by atoms with E-state index in [0.717, 1.165) is 18.5 Å². The second-order valence-electron chi connectivity index (χ2n) is 4.61. The molecule has 2 unspecified atom stereocenters. The summed E-state index contributed by atoms with van der Waals surface area (Å²) in [6.07, 6.45) is 1.55. The van der Waals surface area contributed by atoms with Gasteiger partial charge in [0.1, 0.15) is 0 Å². The molecule has 1 aliphatic rings. The van der Waals surface area contributed by atoms with Crippen molar-refractivity contribution in [1.82, 2.24) is 10.3 Å². The molecule has 0 aliphatic carbocycles. The maximum Gasteiger partial charge on any atom is 0.237 e. The highest BCUT2D eigenvalue weighted by Gasteiger charge is 2.24. The minimum absolute atomic E-state index is 0.00347. The third-order valence-electron chi connectivity index (χ3n) is 3.07. The first-order valence-corrected chi connectivity index (χ1v) is 8.78.